The fourth-order valence-corrected chi connectivity index (χ4v) is 4.40. The molecule has 0 spiro atoms. The highest BCUT2D eigenvalue weighted by Crippen LogP contribution is 2.26. The molecule has 8 heteroatoms. The van der Waals surface area contributed by atoms with Crippen LogP contribution >= 0.6 is 0 Å². The number of halogens is 2. The molecule has 0 aliphatic heterocycles. The van der Waals surface area contributed by atoms with E-state index < -0.39 is 28.3 Å². The topological polar surface area (TPSA) is 66.5 Å². The molecule has 3 rings (SSSR count). The van der Waals surface area contributed by atoms with E-state index in [-0.39, 0.29) is 22.9 Å². The SMILES string of the molecule is Cc1ccc(S(=O)(=O)N(CC(=O)NCCc2ccc(F)cc2)c2ccccc2F)cc1. The van der Waals surface area contributed by atoms with Gasteiger partial charge in [-0.3, -0.25) is 9.10 Å². The van der Waals surface area contributed by atoms with Crippen LogP contribution in [-0.2, 0) is 21.2 Å². The Balaban J connectivity index is 1.78. The standard InChI is InChI=1S/C23H22F2N2O3S/c1-17-6-12-20(13-7-17)31(29,30)27(22-5-3-2-4-21(22)25)16-23(28)26-15-14-18-8-10-19(24)11-9-18/h2-13H,14-16H2,1H3,(H,26,28). The van der Waals surface area contributed by atoms with Crippen LogP contribution in [0, 0.1) is 18.6 Å². The number of hydrogen-bond donors (Lipinski definition) is 1. The molecule has 31 heavy (non-hydrogen) atoms. The highest BCUT2D eigenvalue weighted by Gasteiger charge is 2.29. The summed E-state index contributed by atoms with van der Waals surface area (Å²) >= 11 is 0. The molecule has 0 aromatic heterocycles. The van der Waals surface area contributed by atoms with E-state index in [4.69, 9.17) is 0 Å². The van der Waals surface area contributed by atoms with Gasteiger partial charge in [0.25, 0.3) is 10.0 Å². The lowest BCUT2D eigenvalue weighted by atomic mass is 10.1. The molecule has 162 valence electrons. The molecule has 5 nitrogen and oxygen atoms in total. The molecule has 0 aliphatic rings. The summed E-state index contributed by atoms with van der Waals surface area (Å²) in [6.45, 7) is 1.46. The van der Waals surface area contributed by atoms with Gasteiger partial charge in [-0.25, -0.2) is 17.2 Å². The quantitative estimate of drug-likeness (QED) is 0.574. The van der Waals surface area contributed by atoms with Crippen molar-refractivity contribution < 1.29 is 22.0 Å². The van der Waals surface area contributed by atoms with Crippen molar-refractivity contribution >= 4 is 21.6 Å². The van der Waals surface area contributed by atoms with Crippen LogP contribution in [0.25, 0.3) is 0 Å². The third-order valence-corrected chi connectivity index (χ3v) is 6.44. The molecule has 3 aromatic rings. The Hall–Kier alpha value is -3.26. The van der Waals surface area contributed by atoms with Crippen molar-refractivity contribution in [3.05, 3.63) is 95.6 Å². The summed E-state index contributed by atoms with van der Waals surface area (Å²) < 4.78 is 54.6. The summed E-state index contributed by atoms with van der Waals surface area (Å²) in [5, 5.41) is 2.64. The van der Waals surface area contributed by atoms with Gasteiger partial charge in [0.2, 0.25) is 5.91 Å². The van der Waals surface area contributed by atoms with Gasteiger partial charge in [-0.15, -0.1) is 0 Å². The largest absolute Gasteiger partial charge is 0.354 e. The van der Waals surface area contributed by atoms with Gasteiger partial charge in [-0.1, -0.05) is 42.0 Å². The van der Waals surface area contributed by atoms with Crippen LogP contribution < -0.4 is 9.62 Å². The number of amides is 1. The van der Waals surface area contributed by atoms with Gasteiger partial charge in [0.15, 0.2) is 0 Å². The second kappa shape index (κ2) is 9.70. The first-order valence-corrected chi connectivity index (χ1v) is 11.1. The predicted octanol–water partition coefficient (Wildman–Crippen LogP) is 3.83. The number of carbonyl (C=O) groups excluding carboxylic acids is 1. The van der Waals surface area contributed by atoms with Gasteiger partial charge in [-0.2, -0.15) is 0 Å². The van der Waals surface area contributed by atoms with E-state index in [0.717, 1.165) is 21.5 Å². The summed E-state index contributed by atoms with van der Waals surface area (Å²) in [4.78, 5) is 12.5. The van der Waals surface area contributed by atoms with Crippen LogP contribution in [0.15, 0.2) is 77.7 Å². The zero-order chi connectivity index (χ0) is 22.4. The van der Waals surface area contributed by atoms with Crippen molar-refractivity contribution in [1.82, 2.24) is 5.32 Å². The van der Waals surface area contributed by atoms with Crippen molar-refractivity contribution in [3.63, 3.8) is 0 Å². The second-order valence-electron chi connectivity index (χ2n) is 7.00. The Bertz CT molecular complexity index is 1150. The average molecular weight is 445 g/mol. The van der Waals surface area contributed by atoms with Gasteiger partial charge in [0.05, 0.1) is 10.6 Å². The van der Waals surface area contributed by atoms with Crippen LogP contribution in [0.2, 0.25) is 0 Å². The zero-order valence-corrected chi connectivity index (χ0v) is 17.7. The predicted molar refractivity (Wildman–Crippen MR) is 115 cm³/mol. The van der Waals surface area contributed by atoms with E-state index in [0.29, 0.717) is 6.42 Å². The van der Waals surface area contributed by atoms with E-state index in [1.165, 1.54) is 42.5 Å². The van der Waals surface area contributed by atoms with E-state index in [9.17, 15) is 22.0 Å². The maximum atomic E-state index is 14.4. The number of hydrogen-bond acceptors (Lipinski definition) is 3. The van der Waals surface area contributed by atoms with E-state index in [1.54, 1.807) is 24.3 Å². The van der Waals surface area contributed by atoms with Crippen LogP contribution in [0.5, 0.6) is 0 Å². The number of nitrogens with one attached hydrogen (secondary N) is 1. The normalized spacial score (nSPS) is 11.2. The Kier molecular flexibility index (Phi) is 7.02. The lowest BCUT2D eigenvalue weighted by molar-refractivity contribution is -0.119. The average Bonchev–Trinajstić information content (AvgIpc) is 2.74. The Morgan fingerprint density at radius 2 is 1.58 bits per heavy atom. The fourth-order valence-electron chi connectivity index (χ4n) is 2.97. The summed E-state index contributed by atoms with van der Waals surface area (Å²) in [5.74, 6) is -1.69. The summed E-state index contributed by atoms with van der Waals surface area (Å²) in [6.07, 6.45) is 0.441. The van der Waals surface area contributed by atoms with Gasteiger partial charge < -0.3 is 5.32 Å². The first-order chi connectivity index (χ1) is 14.8. The van der Waals surface area contributed by atoms with Gasteiger partial charge in [0, 0.05) is 6.54 Å². The molecule has 0 radical (unpaired) electrons. The van der Waals surface area contributed by atoms with Gasteiger partial charge >= 0.3 is 0 Å². The van der Waals surface area contributed by atoms with E-state index >= 15 is 0 Å². The molecule has 0 saturated carbocycles. The molecule has 0 heterocycles. The van der Waals surface area contributed by atoms with Crippen LogP contribution in [0.1, 0.15) is 11.1 Å². The number of sulfonamides is 1. The van der Waals surface area contributed by atoms with Crippen molar-refractivity contribution in [1.29, 1.82) is 0 Å². The van der Waals surface area contributed by atoms with Crippen molar-refractivity contribution in [3.8, 4) is 0 Å². The molecule has 0 bridgehead atoms. The Morgan fingerprint density at radius 3 is 2.23 bits per heavy atom. The van der Waals surface area contributed by atoms with Crippen LogP contribution in [0.3, 0.4) is 0 Å². The van der Waals surface area contributed by atoms with Gasteiger partial charge in [-0.05, 0) is 55.3 Å². The number of benzene rings is 3. The van der Waals surface area contributed by atoms with Crippen molar-refractivity contribution in [2.24, 2.45) is 0 Å². The third kappa shape index (κ3) is 5.67. The van der Waals surface area contributed by atoms with E-state index in [1.807, 2.05) is 6.92 Å². The maximum Gasteiger partial charge on any atom is 0.264 e. The monoisotopic (exact) mass is 444 g/mol. The highest BCUT2D eigenvalue weighted by molar-refractivity contribution is 7.92. The summed E-state index contributed by atoms with van der Waals surface area (Å²) in [7, 11) is -4.18. The molecule has 0 atom stereocenters. The minimum absolute atomic E-state index is 0.0412. The van der Waals surface area contributed by atoms with Gasteiger partial charge in [0.1, 0.15) is 18.2 Å². The lowest BCUT2D eigenvalue weighted by Gasteiger charge is -2.24. The van der Waals surface area contributed by atoms with E-state index in [2.05, 4.69) is 5.32 Å². The minimum Gasteiger partial charge on any atom is -0.354 e. The van der Waals surface area contributed by atoms with Crippen molar-refractivity contribution in [2.75, 3.05) is 17.4 Å². The fraction of sp³-hybridized carbons (Fsp3) is 0.174. The number of aryl methyl sites for hydroxylation is 1. The van der Waals surface area contributed by atoms with Crippen LogP contribution in [-0.4, -0.2) is 27.4 Å². The first kappa shape index (κ1) is 22.4. The first-order valence-electron chi connectivity index (χ1n) is 9.62. The molecule has 0 fully saturated rings. The molecular weight excluding hydrogens is 422 g/mol. The molecule has 0 unspecified atom stereocenters. The molecule has 1 N–H and O–H groups in total. The number of para-hydroxylation sites is 1. The Labute approximate surface area is 180 Å². The number of nitrogens with zero attached hydrogens (tertiary/aromatic N) is 1. The molecular formula is C23H22F2N2O3S. The lowest BCUT2D eigenvalue weighted by Crippen LogP contribution is -2.41. The van der Waals surface area contributed by atoms with Crippen LogP contribution in [0.4, 0.5) is 14.5 Å². The Morgan fingerprint density at radius 1 is 0.935 bits per heavy atom. The second-order valence-corrected chi connectivity index (χ2v) is 8.86. The number of rotatable bonds is 8. The third-order valence-electron chi connectivity index (χ3n) is 4.67. The molecule has 0 aliphatic carbocycles. The zero-order valence-electron chi connectivity index (χ0n) is 16.9. The number of carbonyl (C=O) groups is 1. The number of anilines is 1. The van der Waals surface area contributed by atoms with Crippen molar-refractivity contribution in [2.45, 2.75) is 18.2 Å². The summed E-state index contributed by atoms with van der Waals surface area (Å²) in [5.41, 5.74) is 1.48. The molecule has 0 saturated heterocycles. The molecule has 1 amide bonds. The summed E-state index contributed by atoms with van der Waals surface area (Å²) in [6, 6.07) is 17.4. The minimum atomic E-state index is -4.18. The smallest absolute Gasteiger partial charge is 0.264 e. The highest BCUT2D eigenvalue weighted by atomic mass is 32.2. The maximum absolute atomic E-state index is 14.4. The molecule has 3 aromatic carbocycles.